The van der Waals surface area contributed by atoms with Gasteiger partial charge in [0.25, 0.3) is 5.91 Å². The van der Waals surface area contributed by atoms with E-state index in [1.165, 1.54) is 7.11 Å². The number of benzene rings is 2. The van der Waals surface area contributed by atoms with E-state index in [0.717, 1.165) is 18.3 Å². The monoisotopic (exact) mass is 359 g/mol. The van der Waals surface area contributed by atoms with Crippen LogP contribution in [0.2, 0.25) is 0 Å². The molecule has 2 aromatic rings. The number of rotatable bonds is 4. The van der Waals surface area contributed by atoms with Gasteiger partial charge in [0.05, 0.1) is 13.3 Å². The first kappa shape index (κ1) is 17.5. The Hall–Kier alpha value is -3.29. The molecule has 2 aromatic carbocycles. The second-order valence-corrected chi connectivity index (χ2v) is 5.81. The van der Waals surface area contributed by atoms with Gasteiger partial charge in [-0.2, -0.15) is 5.10 Å². The van der Waals surface area contributed by atoms with Crippen LogP contribution >= 0.6 is 0 Å². The molecule has 0 aromatic heterocycles. The Labute approximate surface area is 148 Å². The predicted octanol–water partition coefficient (Wildman–Crippen LogP) is 2.77. The van der Waals surface area contributed by atoms with Crippen molar-refractivity contribution in [3.63, 3.8) is 0 Å². The van der Waals surface area contributed by atoms with E-state index in [1.54, 1.807) is 31.2 Å². The number of nitrogens with zero attached hydrogens (tertiary/aromatic N) is 2. The first-order valence-corrected chi connectivity index (χ1v) is 7.65. The minimum atomic E-state index is -1.32. The number of ether oxygens (including phenoxy) is 1. The Morgan fingerprint density at radius 3 is 2.46 bits per heavy atom. The van der Waals surface area contributed by atoms with Crippen LogP contribution in [0.3, 0.4) is 0 Å². The van der Waals surface area contributed by atoms with Crippen molar-refractivity contribution in [3.05, 3.63) is 65.2 Å². The Balaban J connectivity index is 1.87. The van der Waals surface area contributed by atoms with Gasteiger partial charge in [-0.25, -0.2) is 13.6 Å². The maximum Gasteiger partial charge on any atom is 0.346 e. The van der Waals surface area contributed by atoms with E-state index in [2.05, 4.69) is 10.4 Å². The number of carbonyl (C=O) groups excluding carboxylic acids is 2. The van der Waals surface area contributed by atoms with Crippen LogP contribution in [0, 0.1) is 11.6 Å². The van der Waals surface area contributed by atoms with Crippen molar-refractivity contribution < 1.29 is 23.1 Å². The fourth-order valence-electron chi connectivity index (χ4n) is 2.58. The van der Waals surface area contributed by atoms with Gasteiger partial charge in [-0.05, 0) is 36.8 Å². The number of amides is 3. The molecule has 0 radical (unpaired) electrons. The van der Waals surface area contributed by atoms with E-state index in [4.69, 9.17) is 4.74 Å². The molecular formula is C18H15F2N3O3. The summed E-state index contributed by atoms with van der Waals surface area (Å²) in [5.41, 5.74) is -0.824. The summed E-state index contributed by atoms with van der Waals surface area (Å²) in [6, 6.07) is 8.81. The Kier molecular flexibility index (Phi) is 4.41. The van der Waals surface area contributed by atoms with Crippen LogP contribution in [0.25, 0.3) is 0 Å². The first-order chi connectivity index (χ1) is 12.3. The minimum Gasteiger partial charge on any atom is -0.497 e. The zero-order chi connectivity index (χ0) is 18.9. The lowest BCUT2D eigenvalue weighted by atomic mass is 9.92. The lowest BCUT2D eigenvalue weighted by Gasteiger charge is -2.21. The van der Waals surface area contributed by atoms with Crippen molar-refractivity contribution >= 4 is 18.2 Å². The van der Waals surface area contributed by atoms with Gasteiger partial charge in [0.1, 0.15) is 22.9 Å². The van der Waals surface area contributed by atoms with Crippen LogP contribution in [0.5, 0.6) is 5.75 Å². The molecule has 1 heterocycles. The van der Waals surface area contributed by atoms with Crippen LogP contribution in [0.15, 0.2) is 47.6 Å². The molecule has 1 aliphatic heterocycles. The van der Waals surface area contributed by atoms with Crippen molar-refractivity contribution in [1.29, 1.82) is 0 Å². The summed E-state index contributed by atoms with van der Waals surface area (Å²) in [6.45, 7) is 1.54. The maximum absolute atomic E-state index is 13.7. The van der Waals surface area contributed by atoms with E-state index < -0.39 is 29.1 Å². The largest absolute Gasteiger partial charge is 0.497 e. The molecule has 26 heavy (non-hydrogen) atoms. The van der Waals surface area contributed by atoms with Crippen LogP contribution < -0.4 is 10.1 Å². The average Bonchev–Trinajstić information content (AvgIpc) is 2.84. The summed E-state index contributed by atoms with van der Waals surface area (Å²) in [4.78, 5) is 24.9. The molecule has 6 nitrogen and oxygen atoms in total. The highest BCUT2D eigenvalue weighted by molar-refractivity contribution is 6.07. The second kappa shape index (κ2) is 6.55. The summed E-state index contributed by atoms with van der Waals surface area (Å²) in [7, 11) is 1.52. The van der Waals surface area contributed by atoms with Gasteiger partial charge in [0.2, 0.25) is 0 Å². The molecular weight excluding hydrogens is 344 g/mol. The van der Waals surface area contributed by atoms with E-state index >= 15 is 0 Å². The van der Waals surface area contributed by atoms with Gasteiger partial charge < -0.3 is 10.1 Å². The molecule has 134 valence electrons. The average molecular weight is 359 g/mol. The molecule has 3 amide bonds. The smallest absolute Gasteiger partial charge is 0.346 e. The topological polar surface area (TPSA) is 71.0 Å². The van der Waals surface area contributed by atoms with E-state index in [9.17, 15) is 18.4 Å². The molecule has 1 fully saturated rings. The third-order valence-corrected chi connectivity index (χ3v) is 4.11. The van der Waals surface area contributed by atoms with Gasteiger partial charge in [-0.1, -0.05) is 12.1 Å². The normalized spacial score (nSPS) is 19.9. The van der Waals surface area contributed by atoms with Gasteiger partial charge in [-0.15, -0.1) is 5.01 Å². The summed E-state index contributed by atoms with van der Waals surface area (Å²) in [6.07, 6.45) is 0.992. The molecule has 1 N–H and O–H groups in total. The van der Waals surface area contributed by atoms with Crippen LogP contribution in [0.1, 0.15) is 18.1 Å². The van der Waals surface area contributed by atoms with Crippen molar-refractivity contribution in [1.82, 2.24) is 10.3 Å². The SMILES string of the molecule is COc1ccc([C@]2(C)NC(=O)N(N=Cc3ccc(F)cc3F)C2=O)cc1. The summed E-state index contributed by atoms with van der Waals surface area (Å²) < 4.78 is 31.7. The van der Waals surface area contributed by atoms with Crippen LogP contribution in [-0.4, -0.2) is 30.3 Å². The second-order valence-electron chi connectivity index (χ2n) is 5.81. The maximum atomic E-state index is 13.7. The summed E-state index contributed by atoms with van der Waals surface area (Å²) in [5, 5.41) is 6.95. The van der Waals surface area contributed by atoms with E-state index in [1.807, 2.05) is 0 Å². The van der Waals surface area contributed by atoms with Gasteiger partial charge >= 0.3 is 6.03 Å². The van der Waals surface area contributed by atoms with Crippen molar-refractivity contribution in [2.24, 2.45) is 5.10 Å². The number of halogens is 2. The summed E-state index contributed by atoms with van der Waals surface area (Å²) >= 11 is 0. The molecule has 0 aliphatic carbocycles. The molecule has 0 unspecified atom stereocenters. The highest BCUT2D eigenvalue weighted by Crippen LogP contribution is 2.30. The Bertz CT molecular complexity index is 899. The predicted molar refractivity (Wildman–Crippen MR) is 89.7 cm³/mol. The number of hydrogen-bond donors (Lipinski definition) is 1. The standard InChI is InChI=1S/C18H15F2N3O3/c1-18(12-4-7-14(26-2)8-5-12)16(24)23(17(25)22-18)21-10-11-3-6-13(19)9-15(11)20/h3-10H,1-2H3,(H,22,25)/t18-/m0/s1. The summed E-state index contributed by atoms with van der Waals surface area (Å²) in [5.74, 6) is -1.59. The van der Waals surface area contributed by atoms with Gasteiger partial charge in [-0.3, -0.25) is 4.79 Å². The number of methoxy groups -OCH3 is 1. The number of hydrazone groups is 1. The zero-order valence-corrected chi connectivity index (χ0v) is 14.0. The lowest BCUT2D eigenvalue weighted by Crippen LogP contribution is -2.40. The van der Waals surface area contributed by atoms with E-state index in [-0.39, 0.29) is 5.56 Å². The van der Waals surface area contributed by atoms with Crippen molar-refractivity contribution in [2.75, 3.05) is 7.11 Å². The number of nitrogens with one attached hydrogen (secondary N) is 1. The first-order valence-electron chi connectivity index (χ1n) is 7.65. The van der Waals surface area contributed by atoms with Crippen LogP contribution in [0.4, 0.5) is 13.6 Å². The number of hydrogen-bond acceptors (Lipinski definition) is 4. The quantitative estimate of drug-likeness (QED) is 0.674. The third kappa shape index (κ3) is 3.01. The van der Waals surface area contributed by atoms with Crippen molar-refractivity contribution in [3.8, 4) is 5.75 Å². The zero-order valence-electron chi connectivity index (χ0n) is 14.0. The molecule has 3 rings (SSSR count). The fraction of sp³-hybridized carbons (Fsp3) is 0.167. The highest BCUT2D eigenvalue weighted by atomic mass is 19.1. The Morgan fingerprint density at radius 1 is 1.15 bits per heavy atom. The molecule has 8 heteroatoms. The third-order valence-electron chi connectivity index (χ3n) is 4.11. The van der Waals surface area contributed by atoms with Crippen molar-refractivity contribution in [2.45, 2.75) is 12.5 Å². The van der Waals surface area contributed by atoms with Gasteiger partial charge in [0, 0.05) is 11.6 Å². The molecule has 0 saturated carbocycles. The number of imide groups is 1. The fourth-order valence-corrected chi connectivity index (χ4v) is 2.58. The minimum absolute atomic E-state index is 0.0509. The van der Waals surface area contributed by atoms with E-state index in [0.29, 0.717) is 22.4 Å². The van der Waals surface area contributed by atoms with Crippen LogP contribution in [-0.2, 0) is 10.3 Å². The number of urea groups is 1. The molecule has 1 atom stereocenters. The molecule has 1 aliphatic rings. The van der Waals surface area contributed by atoms with Gasteiger partial charge in [0.15, 0.2) is 0 Å². The highest BCUT2D eigenvalue weighted by Gasteiger charge is 2.49. The molecule has 0 bridgehead atoms. The molecule has 0 spiro atoms. The Morgan fingerprint density at radius 2 is 1.85 bits per heavy atom. The molecule has 1 saturated heterocycles. The lowest BCUT2D eigenvalue weighted by molar-refractivity contribution is -0.131. The number of carbonyl (C=O) groups is 2.